The number of amides is 3. The first-order chi connectivity index (χ1) is 33.0. The Morgan fingerprint density at radius 2 is 1.67 bits per heavy atom. The van der Waals surface area contributed by atoms with Crippen LogP contribution in [0.4, 0.5) is 11.4 Å². The quantitative estimate of drug-likeness (QED) is 0.0583. The van der Waals surface area contributed by atoms with Gasteiger partial charge < -0.3 is 34.4 Å². The average Bonchev–Trinajstić information content (AvgIpc) is 4.15. The Hall–Kier alpha value is -6.72. The van der Waals surface area contributed by atoms with E-state index in [4.69, 9.17) is 14.0 Å². The first-order valence-corrected chi connectivity index (χ1v) is 24.3. The van der Waals surface area contributed by atoms with Crippen molar-refractivity contribution in [2.45, 2.75) is 112 Å². The molecule has 3 amide bonds. The van der Waals surface area contributed by atoms with E-state index in [0.29, 0.717) is 13.0 Å². The summed E-state index contributed by atoms with van der Waals surface area (Å²) in [6.07, 6.45) is 5.29. The van der Waals surface area contributed by atoms with Gasteiger partial charge >= 0.3 is 5.97 Å². The number of nitrogens with one attached hydrogen (secondary N) is 2. The zero-order valence-electron chi connectivity index (χ0n) is 40.9. The van der Waals surface area contributed by atoms with Gasteiger partial charge in [0, 0.05) is 43.4 Å². The fourth-order valence-electron chi connectivity index (χ4n) is 8.81. The molecule has 1 saturated heterocycles. The number of rotatable bonds is 19. The fraction of sp³-hybridized carbons (Fsp3) is 0.423. The van der Waals surface area contributed by atoms with E-state index < -0.39 is 41.4 Å². The highest BCUT2D eigenvalue weighted by Gasteiger charge is 2.46. The molecule has 6 aromatic rings. The number of esters is 1. The Balaban J connectivity index is 0.945. The Labute approximate surface area is 407 Å². The SMILES string of the molecule is CC(=O)O[C@@H]1C[C@@H](C(=O)N[C@@H](C)c2ccc(-c3scnc3C)cc2)N(C(=O)[C@@H](NC(=O)COCCCCCN(c2ccc(-n3ccnn3)cc2)c2cc(-c3c(C)noc3C)ccc2C)C(C)(C)C)C1. The molecule has 4 heterocycles. The molecule has 1 aliphatic heterocycles. The van der Waals surface area contributed by atoms with E-state index in [9.17, 15) is 19.2 Å². The van der Waals surface area contributed by atoms with E-state index in [1.165, 1.54) is 11.8 Å². The molecule has 1 fully saturated rings. The lowest BCUT2D eigenvalue weighted by atomic mass is 9.85. The van der Waals surface area contributed by atoms with Gasteiger partial charge in [-0.05, 0) is 112 Å². The molecule has 17 heteroatoms. The van der Waals surface area contributed by atoms with E-state index in [1.54, 1.807) is 22.2 Å². The summed E-state index contributed by atoms with van der Waals surface area (Å²) < 4.78 is 18.6. The molecule has 0 unspecified atom stereocenters. The van der Waals surface area contributed by atoms with Gasteiger partial charge in [-0.1, -0.05) is 67.5 Å². The Morgan fingerprint density at radius 1 is 0.928 bits per heavy atom. The predicted molar refractivity (Wildman–Crippen MR) is 265 cm³/mol. The summed E-state index contributed by atoms with van der Waals surface area (Å²) in [5.41, 5.74) is 10.9. The molecule has 16 nitrogen and oxygen atoms in total. The van der Waals surface area contributed by atoms with Gasteiger partial charge in [0.1, 0.15) is 30.6 Å². The normalized spacial score (nSPS) is 15.7. The summed E-state index contributed by atoms with van der Waals surface area (Å²) in [5.74, 6) is -0.994. The minimum atomic E-state index is -0.990. The lowest BCUT2D eigenvalue weighted by molar-refractivity contribution is -0.147. The first kappa shape index (κ1) is 50.2. The van der Waals surface area contributed by atoms with Crippen LogP contribution < -0.4 is 15.5 Å². The van der Waals surface area contributed by atoms with Crippen molar-refractivity contribution in [1.29, 1.82) is 0 Å². The second-order valence-electron chi connectivity index (χ2n) is 18.8. The number of benzene rings is 3. The third-order valence-electron chi connectivity index (χ3n) is 12.5. The van der Waals surface area contributed by atoms with Crippen molar-refractivity contribution < 1.29 is 33.2 Å². The highest BCUT2D eigenvalue weighted by atomic mass is 32.1. The van der Waals surface area contributed by atoms with Gasteiger partial charge in [-0.25, -0.2) is 9.67 Å². The van der Waals surface area contributed by atoms with Crippen molar-refractivity contribution >= 4 is 46.4 Å². The molecule has 69 heavy (non-hydrogen) atoms. The molecule has 3 aromatic carbocycles. The number of hydrogen-bond acceptors (Lipinski definition) is 13. The minimum Gasteiger partial charge on any atom is -0.461 e. The van der Waals surface area contributed by atoms with Gasteiger partial charge in [-0.3, -0.25) is 19.2 Å². The minimum absolute atomic E-state index is 0.0185. The van der Waals surface area contributed by atoms with Gasteiger partial charge in [-0.2, -0.15) is 0 Å². The van der Waals surface area contributed by atoms with Crippen molar-refractivity contribution in [3.63, 3.8) is 0 Å². The number of aromatic nitrogens is 5. The molecule has 0 bridgehead atoms. The van der Waals surface area contributed by atoms with E-state index >= 15 is 0 Å². The van der Waals surface area contributed by atoms with Crippen LogP contribution in [0.1, 0.15) is 94.6 Å². The van der Waals surface area contributed by atoms with E-state index in [2.05, 4.69) is 73.2 Å². The zero-order valence-corrected chi connectivity index (χ0v) is 41.8. The number of hydrogen-bond donors (Lipinski definition) is 2. The molecule has 0 spiro atoms. The zero-order chi connectivity index (χ0) is 49.4. The molecule has 4 atom stereocenters. The van der Waals surface area contributed by atoms with Crippen LogP contribution in [0.2, 0.25) is 0 Å². The topological polar surface area (TPSA) is 187 Å². The van der Waals surface area contributed by atoms with Gasteiger partial charge in [-0.15, -0.1) is 16.4 Å². The van der Waals surface area contributed by atoms with Crippen LogP contribution in [0.3, 0.4) is 0 Å². The summed E-state index contributed by atoms with van der Waals surface area (Å²) in [4.78, 5) is 63.1. The largest absolute Gasteiger partial charge is 0.461 e. The number of aryl methyl sites for hydroxylation is 4. The van der Waals surface area contributed by atoms with Crippen LogP contribution in [0, 0.1) is 33.1 Å². The molecule has 2 N–H and O–H groups in total. The molecule has 7 rings (SSSR count). The maximum Gasteiger partial charge on any atom is 0.302 e. The lowest BCUT2D eigenvalue weighted by Crippen LogP contribution is -2.58. The number of anilines is 2. The molecular weight excluding hydrogens is 895 g/mol. The maximum atomic E-state index is 14.4. The Bertz CT molecular complexity index is 2690. The van der Waals surface area contributed by atoms with Gasteiger partial charge in [0.05, 0.1) is 52.4 Å². The van der Waals surface area contributed by atoms with Crippen molar-refractivity contribution in [2.24, 2.45) is 5.41 Å². The van der Waals surface area contributed by atoms with Crippen LogP contribution in [0.5, 0.6) is 0 Å². The summed E-state index contributed by atoms with van der Waals surface area (Å²) in [6.45, 7) is 17.5. The molecule has 0 radical (unpaired) electrons. The van der Waals surface area contributed by atoms with Crippen LogP contribution in [-0.4, -0.2) is 98.2 Å². The van der Waals surface area contributed by atoms with Crippen molar-refractivity contribution in [3.8, 4) is 27.3 Å². The number of likely N-dealkylation sites (tertiary alicyclic amines) is 1. The van der Waals surface area contributed by atoms with E-state index in [-0.39, 0.29) is 31.5 Å². The van der Waals surface area contributed by atoms with Crippen molar-refractivity contribution in [2.75, 3.05) is 31.2 Å². The van der Waals surface area contributed by atoms with Crippen LogP contribution in [-0.2, 0) is 28.7 Å². The third kappa shape index (κ3) is 12.3. The third-order valence-corrected chi connectivity index (χ3v) is 13.4. The van der Waals surface area contributed by atoms with Crippen LogP contribution >= 0.6 is 11.3 Å². The van der Waals surface area contributed by atoms with Gasteiger partial charge in [0.2, 0.25) is 17.7 Å². The highest BCUT2D eigenvalue weighted by Crippen LogP contribution is 2.36. The Morgan fingerprint density at radius 3 is 2.30 bits per heavy atom. The monoisotopic (exact) mass is 957 g/mol. The van der Waals surface area contributed by atoms with Gasteiger partial charge in [0.15, 0.2) is 0 Å². The summed E-state index contributed by atoms with van der Waals surface area (Å²) in [5, 5.41) is 18.2. The number of unbranched alkanes of at least 4 members (excludes halogenated alkanes) is 2. The number of thiazole rings is 1. The number of ether oxygens (including phenoxy) is 2. The van der Waals surface area contributed by atoms with Crippen LogP contribution in [0.25, 0.3) is 27.3 Å². The number of nitrogens with zero attached hydrogens (tertiary/aromatic N) is 7. The Kier molecular flexibility index (Phi) is 16.1. The fourth-order valence-corrected chi connectivity index (χ4v) is 9.62. The smallest absolute Gasteiger partial charge is 0.302 e. The number of carbonyl (C=O) groups is 4. The maximum absolute atomic E-state index is 14.4. The molecule has 3 aromatic heterocycles. The first-order valence-electron chi connectivity index (χ1n) is 23.4. The second-order valence-corrected chi connectivity index (χ2v) is 19.6. The second kappa shape index (κ2) is 22.1. The molecule has 364 valence electrons. The molecule has 0 saturated carbocycles. The summed E-state index contributed by atoms with van der Waals surface area (Å²) >= 11 is 1.57. The van der Waals surface area contributed by atoms with Gasteiger partial charge in [0.25, 0.3) is 0 Å². The predicted octanol–water partition coefficient (Wildman–Crippen LogP) is 8.55. The lowest BCUT2D eigenvalue weighted by Gasteiger charge is -2.35. The van der Waals surface area contributed by atoms with E-state index in [1.807, 2.05) is 96.6 Å². The molecule has 0 aliphatic carbocycles. The molecule has 1 aliphatic rings. The number of carbonyl (C=O) groups excluding carboxylic acids is 4. The molecular formula is C52H63N9O7S. The summed E-state index contributed by atoms with van der Waals surface area (Å²) in [6, 6.07) is 20.3. The van der Waals surface area contributed by atoms with E-state index in [0.717, 1.165) is 86.3 Å². The summed E-state index contributed by atoms with van der Waals surface area (Å²) in [7, 11) is 0. The van der Waals surface area contributed by atoms with Crippen molar-refractivity contribution in [1.82, 2.24) is 40.7 Å². The van der Waals surface area contributed by atoms with Crippen molar-refractivity contribution in [3.05, 3.63) is 113 Å². The highest BCUT2D eigenvalue weighted by molar-refractivity contribution is 7.13. The average molecular weight is 958 g/mol. The van der Waals surface area contributed by atoms with Crippen LogP contribution in [0.15, 0.2) is 89.2 Å². The standard InChI is InChI=1S/C52H63N9O7S/c1-32-13-14-40(47-34(3)57-68-36(47)5)27-44(32)59(41-19-21-42(22-20-41)61-25-23-54-58-61)24-11-10-12-26-66-30-46(63)56-49(52(7,8)9)51(65)60-29-43(67-37(6)62)28-45(60)50(64)55-33(2)38-15-17-39(18-16-38)48-35(4)53-31-69-48/h13-23,25,27,31,33,43,45,49H,10-12,24,26,28-30H2,1-9H3,(H,55,64)(H,56,63)/t33-,43+,45-,49+/m0/s1.